The Labute approximate surface area is 135 Å². The summed E-state index contributed by atoms with van der Waals surface area (Å²) >= 11 is 0. The second-order valence-corrected chi connectivity index (χ2v) is 7.97. The largest absolute Gasteiger partial charge is 0.389 e. The fraction of sp³-hybridized carbons (Fsp3) is 0.714. The molecule has 0 bridgehead atoms. The molecule has 5 atom stereocenters. The second-order valence-electron chi connectivity index (χ2n) is 7.97. The number of aliphatic hydroxyl groups excluding tert-OH is 1. The maximum absolute atomic E-state index is 9.91. The number of allylic oxidation sites excluding steroid dienone is 4. The summed E-state index contributed by atoms with van der Waals surface area (Å²) in [5.41, 5.74) is 5.41. The lowest BCUT2D eigenvalue weighted by molar-refractivity contribution is 0.0469. The maximum Gasteiger partial charge on any atom is 0.0761 e. The second kappa shape index (κ2) is 5.37. The topological polar surface area (TPSA) is 20.2 Å². The molecule has 0 saturated heterocycles. The first kappa shape index (κ1) is 14.8. The van der Waals surface area contributed by atoms with Gasteiger partial charge in [-0.15, -0.1) is 0 Å². The van der Waals surface area contributed by atoms with Crippen LogP contribution in [0.5, 0.6) is 0 Å². The van der Waals surface area contributed by atoms with Crippen molar-refractivity contribution in [3.05, 3.63) is 34.9 Å². The van der Waals surface area contributed by atoms with E-state index in [0.717, 1.165) is 24.2 Å². The third-order valence-corrected chi connectivity index (χ3v) is 7.48. The van der Waals surface area contributed by atoms with Crippen LogP contribution in [0.1, 0.15) is 65.2 Å². The zero-order chi connectivity index (χ0) is 15.3. The molecular weight excluding hydrogens is 268 g/mol. The quantitative estimate of drug-likeness (QED) is 0.662. The van der Waals surface area contributed by atoms with E-state index in [1.165, 1.54) is 50.5 Å². The molecule has 1 heteroatoms. The van der Waals surface area contributed by atoms with E-state index in [-0.39, 0.29) is 6.10 Å². The van der Waals surface area contributed by atoms with Crippen molar-refractivity contribution in [1.82, 2.24) is 0 Å². The van der Waals surface area contributed by atoms with Crippen LogP contribution in [-0.4, -0.2) is 11.2 Å². The molecule has 0 aromatic heterocycles. The number of hydrogen-bond donors (Lipinski definition) is 1. The van der Waals surface area contributed by atoms with E-state index in [0.29, 0.717) is 5.41 Å². The van der Waals surface area contributed by atoms with Crippen molar-refractivity contribution in [2.75, 3.05) is 0 Å². The fourth-order valence-electron chi connectivity index (χ4n) is 6.55. The van der Waals surface area contributed by atoms with E-state index in [4.69, 9.17) is 0 Å². The van der Waals surface area contributed by atoms with Crippen LogP contribution in [0.4, 0.5) is 0 Å². The molecule has 4 aliphatic carbocycles. The third-order valence-electron chi connectivity index (χ3n) is 7.48. The molecule has 0 amide bonds. The van der Waals surface area contributed by atoms with Gasteiger partial charge in [0.25, 0.3) is 0 Å². The minimum absolute atomic E-state index is 0.227. The lowest BCUT2D eigenvalue weighted by atomic mass is 9.52. The molecule has 0 aromatic rings. The minimum atomic E-state index is -0.227. The highest BCUT2D eigenvalue weighted by Gasteiger charge is 2.54. The molecule has 3 saturated carbocycles. The van der Waals surface area contributed by atoms with E-state index >= 15 is 0 Å². The van der Waals surface area contributed by atoms with E-state index in [1.54, 1.807) is 11.1 Å². The van der Waals surface area contributed by atoms with Crippen molar-refractivity contribution in [1.29, 1.82) is 0 Å². The van der Waals surface area contributed by atoms with Gasteiger partial charge in [-0.25, -0.2) is 0 Å². The third kappa shape index (κ3) is 1.94. The number of hydrogen-bond acceptors (Lipinski definition) is 1. The molecule has 0 radical (unpaired) electrons. The highest BCUT2D eigenvalue weighted by Crippen LogP contribution is 2.64. The Morgan fingerprint density at radius 3 is 2.91 bits per heavy atom. The summed E-state index contributed by atoms with van der Waals surface area (Å²) in [5, 5.41) is 9.91. The SMILES string of the molecule is C/C=C1/CCC2C3CCC4=CC(O)CC=C4C3CC[C@]12CC. The van der Waals surface area contributed by atoms with Gasteiger partial charge in [0.2, 0.25) is 0 Å². The molecule has 0 spiro atoms. The summed E-state index contributed by atoms with van der Waals surface area (Å²) in [6, 6.07) is 0. The highest BCUT2D eigenvalue weighted by atomic mass is 16.3. The smallest absolute Gasteiger partial charge is 0.0761 e. The van der Waals surface area contributed by atoms with Gasteiger partial charge >= 0.3 is 0 Å². The van der Waals surface area contributed by atoms with Crippen LogP contribution < -0.4 is 0 Å². The Hall–Kier alpha value is -0.820. The van der Waals surface area contributed by atoms with Crippen LogP contribution in [-0.2, 0) is 0 Å². The molecule has 3 fully saturated rings. The van der Waals surface area contributed by atoms with Crippen molar-refractivity contribution in [3.63, 3.8) is 0 Å². The zero-order valence-electron chi connectivity index (χ0n) is 14.1. The van der Waals surface area contributed by atoms with Gasteiger partial charge in [0.05, 0.1) is 6.10 Å². The number of aliphatic hydroxyl groups is 1. The summed E-state index contributed by atoms with van der Waals surface area (Å²) < 4.78 is 0. The lowest BCUT2D eigenvalue weighted by Crippen LogP contribution is -2.43. The molecule has 120 valence electrons. The predicted octanol–water partition coefficient (Wildman–Crippen LogP) is 5.18. The van der Waals surface area contributed by atoms with E-state index in [9.17, 15) is 5.11 Å². The molecule has 4 unspecified atom stereocenters. The zero-order valence-corrected chi connectivity index (χ0v) is 14.1. The van der Waals surface area contributed by atoms with Gasteiger partial charge in [0, 0.05) is 0 Å². The summed E-state index contributed by atoms with van der Waals surface area (Å²) in [6.07, 6.45) is 17.0. The standard InChI is InChI=1S/C21H30O/c1-3-15-6-10-20-19-8-5-14-13-16(22)7-9-17(14)18(19)11-12-21(15,20)4-2/h3,9,13,16,18-20,22H,4-8,10-12H2,1-2H3/b15-3-/t16?,18?,19?,20?,21-/m1/s1. The first-order chi connectivity index (χ1) is 10.7. The summed E-state index contributed by atoms with van der Waals surface area (Å²) in [6.45, 7) is 4.68. The Kier molecular flexibility index (Phi) is 3.60. The van der Waals surface area contributed by atoms with Gasteiger partial charge in [-0.2, -0.15) is 0 Å². The van der Waals surface area contributed by atoms with E-state index < -0.39 is 0 Å². The monoisotopic (exact) mass is 298 g/mol. The molecule has 4 rings (SSSR count). The average Bonchev–Trinajstić information content (AvgIpc) is 2.93. The van der Waals surface area contributed by atoms with Gasteiger partial charge in [0.1, 0.15) is 0 Å². The average molecular weight is 298 g/mol. The summed E-state index contributed by atoms with van der Waals surface area (Å²) in [7, 11) is 0. The van der Waals surface area contributed by atoms with Gasteiger partial charge in [-0.3, -0.25) is 0 Å². The molecule has 22 heavy (non-hydrogen) atoms. The van der Waals surface area contributed by atoms with Crippen LogP contribution in [0.15, 0.2) is 34.9 Å². The van der Waals surface area contributed by atoms with Crippen molar-refractivity contribution in [3.8, 4) is 0 Å². The minimum Gasteiger partial charge on any atom is -0.389 e. The highest BCUT2D eigenvalue weighted by molar-refractivity contribution is 5.41. The van der Waals surface area contributed by atoms with Crippen molar-refractivity contribution >= 4 is 0 Å². The Morgan fingerprint density at radius 2 is 2.14 bits per heavy atom. The van der Waals surface area contributed by atoms with Crippen LogP contribution in [0, 0.1) is 23.2 Å². The number of fused-ring (bicyclic) bond motifs is 5. The number of rotatable bonds is 1. The Bertz CT molecular complexity index is 552. The normalized spacial score (nSPS) is 45.7. The molecule has 4 aliphatic rings. The van der Waals surface area contributed by atoms with Crippen molar-refractivity contribution < 1.29 is 5.11 Å². The maximum atomic E-state index is 9.91. The van der Waals surface area contributed by atoms with Crippen molar-refractivity contribution in [2.24, 2.45) is 23.2 Å². The van der Waals surface area contributed by atoms with Crippen molar-refractivity contribution in [2.45, 2.75) is 71.3 Å². The first-order valence-electron chi connectivity index (χ1n) is 9.44. The summed E-state index contributed by atoms with van der Waals surface area (Å²) in [5.74, 6) is 2.59. The molecule has 0 heterocycles. The van der Waals surface area contributed by atoms with Crippen LogP contribution in [0.2, 0.25) is 0 Å². The van der Waals surface area contributed by atoms with Crippen LogP contribution >= 0.6 is 0 Å². The Balaban J connectivity index is 1.67. The molecule has 1 nitrogen and oxygen atoms in total. The first-order valence-corrected chi connectivity index (χ1v) is 9.44. The van der Waals surface area contributed by atoms with Gasteiger partial charge < -0.3 is 5.11 Å². The van der Waals surface area contributed by atoms with Gasteiger partial charge in [-0.05, 0) is 92.6 Å². The molecule has 0 aromatic carbocycles. The lowest BCUT2D eigenvalue weighted by Gasteiger charge is -2.52. The predicted molar refractivity (Wildman–Crippen MR) is 91.4 cm³/mol. The molecule has 1 N–H and O–H groups in total. The molecule has 0 aliphatic heterocycles. The summed E-state index contributed by atoms with van der Waals surface area (Å²) in [4.78, 5) is 0. The van der Waals surface area contributed by atoms with E-state index in [1.807, 2.05) is 0 Å². The van der Waals surface area contributed by atoms with Crippen LogP contribution in [0.3, 0.4) is 0 Å². The van der Waals surface area contributed by atoms with Crippen LogP contribution in [0.25, 0.3) is 0 Å². The van der Waals surface area contributed by atoms with Gasteiger partial charge in [-0.1, -0.05) is 30.7 Å². The molecular formula is C21H30O. The van der Waals surface area contributed by atoms with E-state index in [2.05, 4.69) is 32.1 Å². The fourth-order valence-corrected chi connectivity index (χ4v) is 6.55. The van der Waals surface area contributed by atoms with Gasteiger partial charge in [0.15, 0.2) is 0 Å². The Morgan fingerprint density at radius 1 is 1.27 bits per heavy atom.